The van der Waals surface area contributed by atoms with Crippen molar-refractivity contribution in [1.82, 2.24) is 0 Å². The van der Waals surface area contributed by atoms with Gasteiger partial charge in [0.05, 0.1) is 0 Å². The SMILES string of the molecule is C1CCCC1.C1CCCC1.CC1C(C)C(C)C(C)C1C.CC1C(C)C(C)C(C)C1C.[CH3-].[CH3-].[CH3-].[CH3-].[Cr+2].[Cr+2]. The topological polar surface area (TPSA) is 0 Å². The molecule has 0 atom stereocenters. The molecule has 0 radical (unpaired) electrons. The van der Waals surface area contributed by atoms with Crippen LogP contribution in [-0.4, -0.2) is 0 Å². The van der Waals surface area contributed by atoms with Crippen LogP contribution < -0.4 is 0 Å². The maximum atomic E-state index is 2.40. The normalized spacial score (nSPS) is 37.5. The second-order valence-electron chi connectivity index (χ2n) is 12.1. The van der Waals surface area contributed by atoms with Gasteiger partial charge in [0.1, 0.15) is 0 Å². The molecule has 0 aromatic heterocycles. The van der Waals surface area contributed by atoms with Crippen molar-refractivity contribution in [2.24, 2.45) is 59.2 Å². The third-order valence-electron chi connectivity index (χ3n) is 10.8. The molecule has 220 valence electrons. The molecule has 0 aromatic carbocycles. The Balaban J connectivity index is -0.0000000819. The van der Waals surface area contributed by atoms with Gasteiger partial charge in [-0.15, -0.1) is 0 Å². The van der Waals surface area contributed by atoms with E-state index in [0.29, 0.717) is 0 Å². The Morgan fingerprint density at radius 2 is 0.278 bits per heavy atom. The van der Waals surface area contributed by atoms with Crippen molar-refractivity contribution < 1.29 is 34.7 Å². The molecule has 0 spiro atoms. The molecule has 0 aliphatic heterocycles. The third kappa shape index (κ3) is 15.6. The van der Waals surface area contributed by atoms with Gasteiger partial charge in [-0.2, -0.15) is 0 Å². The van der Waals surface area contributed by atoms with Crippen molar-refractivity contribution in [1.29, 1.82) is 0 Å². The van der Waals surface area contributed by atoms with Crippen molar-refractivity contribution >= 4 is 0 Å². The first-order valence-electron chi connectivity index (χ1n) is 14.1. The fourth-order valence-corrected chi connectivity index (χ4v) is 6.56. The molecule has 2 heteroatoms. The number of rotatable bonds is 0. The molecule has 4 saturated carbocycles. The van der Waals surface area contributed by atoms with Crippen molar-refractivity contribution in [3.8, 4) is 0 Å². The van der Waals surface area contributed by atoms with E-state index >= 15 is 0 Å². The molecule has 4 aliphatic rings. The van der Waals surface area contributed by atoms with Gasteiger partial charge in [-0.05, 0) is 59.2 Å². The predicted octanol–water partition coefficient (Wildman–Crippen LogP) is 12.1. The second-order valence-corrected chi connectivity index (χ2v) is 12.1. The van der Waals surface area contributed by atoms with Gasteiger partial charge in [-0.3, -0.25) is 0 Å². The summed E-state index contributed by atoms with van der Waals surface area (Å²) < 4.78 is 0. The Hall–Kier alpha value is 1.06. The van der Waals surface area contributed by atoms with Crippen LogP contribution in [0.1, 0.15) is 133 Å². The van der Waals surface area contributed by atoms with E-state index in [1.165, 1.54) is 64.2 Å². The third-order valence-corrected chi connectivity index (χ3v) is 10.8. The fourth-order valence-electron chi connectivity index (χ4n) is 6.56. The van der Waals surface area contributed by atoms with Gasteiger partial charge in [-0.1, -0.05) is 133 Å². The molecule has 4 rings (SSSR count). The summed E-state index contributed by atoms with van der Waals surface area (Å²) in [6, 6.07) is 0. The van der Waals surface area contributed by atoms with Crippen LogP contribution in [0.25, 0.3) is 0 Å². The molecular weight excluding hydrogens is 512 g/mol. The van der Waals surface area contributed by atoms with E-state index in [-0.39, 0.29) is 64.4 Å². The Kier molecular flexibility index (Phi) is 36.5. The number of hydrogen-bond acceptors (Lipinski definition) is 0. The molecule has 4 fully saturated rings. The summed E-state index contributed by atoms with van der Waals surface area (Å²) in [6.07, 6.45) is 15.0. The Bertz CT molecular complexity index is 284. The minimum absolute atomic E-state index is 0. The standard InChI is InChI=1S/2C10H20.2C5H10.4CH3.2Cr/c2*1-6-7(2)9(4)10(5)8(6)3;2*1-2-4-5-3-1;;;;;;/h2*6-10H,1-5H3;2*1-5H2;4*1H3;;/q;;;;4*-1;2*+2. The van der Waals surface area contributed by atoms with Gasteiger partial charge >= 0.3 is 34.7 Å². The largest absolute Gasteiger partial charge is 2.00 e. The van der Waals surface area contributed by atoms with Crippen LogP contribution >= 0.6 is 0 Å². The maximum Gasteiger partial charge on any atom is 2.00 e. The van der Waals surface area contributed by atoms with Crippen LogP contribution in [0.4, 0.5) is 0 Å². The van der Waals surface area contributed by atoms with Crippen molar-refractivity contribution in [3.05, 3.63) is 29.7 Å². The van der Waals surface area contributed by atoms with Crippen molar-refractivity contribution in [3.63, 3.8) is 0 Å². The Morgan fingerprint density at radius 1 is 0.222 bits per heavy atom. The van der Waals surface area contributed by atoms with Crippen LogP contribution in [0.2, 0.25) is 0 Å². The van der Waals surface area contributed by atoms with Gasteiger partial charge in [0, 0.05) is 0 Å². The molecule has 0 heterocycles. The zero-order valence-corrected chi connectivity index (χ0v) is 30.2. The molecule has 0 N–H and O–H groups in total. The molecule has 0 saturated heterocycles. The predicted molar refractivity (Wildman–Crippen MR) is 163 cm³/mol. The molecule has 0 amide bonds. The zero-order chi connectivity index (χ0) is 22.8. The summed E-state index contributed by atoms with van der Waals surface area (Å²) in [6.45, 7) is 24.0. The smallest absolute Gasteiger partial charge is 0.358 e. The van der Waals surface area contributed by atoms with E-state index in [0.717, 1.165) is 59.2 Å². The minimum Gasteiger partial charge on any atom is -0.358 e. The molecule has 0 unspecified atom stereocenters. The minimum atomic E-state index is 0. The van der Waals surface area contributed by atoms with Crippen LogP contribution in [0.5, 0.6) is 0 Å². The van der Waals surface area contributed by atoms with E-state index < -0.39 is 0 Å². The molecule has 4 aliphatic carbocycles. The summed E-state index contributed by atoms with van der Waals surface area (Å²) in [5.41, 5.74) is 0. The fraction of sp³-hybridized carbons (Fsp3) is 0.882. The first-order chi connectivity index (χ1) is 14.1. The second kappa shape index (κ2) is 26.3. The molecule has 0 nitrogen and oxygen atoms in total. The van der Waals surface area contributed by atoms with E-state index in [2.05, 4.69) is 69.2 Å². The van der Waals surface area contributed by atoms with E-state index in [9.17, 15) is 0 Å². The first-order valence-corrected chi connectivity index (χ1v) is 14.1. The Morgan fingerprint density at radius 3 is 0.333 bits per heavy atom. The summed E-state index contributed by atoms with van der Waals surface area (Å²) in [5, 5.41) is 0. The molecule has 0 bridgehead atoms. The van der Waals surface area contributed by atoms with Crippen LogP contribution in [0, 0.1) is 88.9 Å². The van der Waals surface area contributed by atoms with Crippen LogP contribution in [-0.2, 0) is 34.7 Å². The Labute approximate surface area is 256 Å². The van der Waals surface area contributed by atoms with Crippen LogP contribution in [0.15, 0.2) is 0 Å². The number of hydrogen-bond donors (Lipinski definition) is 0. The van der Waals surface area contributed by atoms with Gasteiger partial charge < -0.3 is 29.7 Å². The van der Waals surface area contributed by atoms with Gasteiger partial charge in [0.15, 0.2) is 0 Å². The monoisotopic (exact) mass is 584 g/mol. The molecule has 36 heavy (non-hydrogen) atoms. The maximum absolute atomic E-state index is 2.40. The van der Waals surface area contributed by atoms with E-state index in [1.54, 1.807) is 0 Å². The van der Waals surface area contributed by atoms with Gasteiger partial charge in [0.2, 0.25) is 0 Å². The van der Waals surface area contributed by atoms with E-state index in [4.69, 9.17) is 0 Å². The van der Waals surface area contributed by atoms with Crippen molar-refractivity contribution in [2.45, 2.75) is 133 Å². The van der Waals surface area contributed by atoms with Gasteiger partial charge in [-0.25, -0.2) is 0 Å². The van der Waals surface area contributed by atoms with Crippen molar-refractivity contribution in [2.75, 3.05) is 0 Å². The molecule has 0 aromatic rings. The average molecular weight is 585 g/mol. The average Bonchev–Trinajstić information content (AvgIpc) is 3.56. The first kappa shape index (κ1) is 50.0. The summed E-state index contributed by atoms with van der Waals surface area (Å²) in [7, 11) is 0. The van der Waals surface area contributed by atoms with E-state index in [1.807, 2.05) is 0 Å². The summed E-state index contributed by atoms with van der Waals surface area (Å²) in [5.74, 6) is 9.35. The molecular formula is C34H72Cr2. The van der Waals surface area contributed by atoms with Crippen LogP contribution in [0.3, 0.4) is 0 Å². The zero-order valence-electron chi connectivity index (χ0n) is 27.7. The quantitative estimate of drug-likeness (QED) is 0.248. The summed E-state index contributed by atoms with van der Waals surface area (Å²) in [4.78, 5) is 0. The summed E-state index contributed by atoms with van der Waals surface area (Å²) >= 11 is 0. The van der Waals surface area contributed by atoms with Gasteiger partial charge in [0.25, 0.3) is 0 Å².